The largest absolute Gasteiger partial charge is 0.348 e. The summed E-state index contributed by atoms with van der Waals surface area (Å²) in [5, 5.41) is 2.61. The van der Waals surface area contributed by atoms with E-state index in [1.807, 2.05) is 36.4 Å². The quantitative estimate of drug-likeness (QED) is 0.608. The lowest BCUT2D eigenvalue weighted by molar-refractivity contribution is 0.538. The second-order valence-corrected chi connectivity index (χ2v) is 4.19. The molecule has 2 aromatic rings. The lowest BCUT2D eigenvalue weighted by Crippen LogP contribution is -2.16. The highest BCUT2D eigenvalue weighted by Gasteiger charge is 2.12. The number of hydrogen-bond donors (Lipinski definition) is 1. The molecule has 0 unspecified atom stereocenters. The molecule has 0 saturated carbocycles. The maximum absolute atomic E-state index is 10.2. The van der Waals surface area contributed by atoms with Gasteiger partial charge >= 0.3 is 6.41 Å². The van der Waals surface area contributed by atoms with Crippen LogP contribution in [0.4, 0.5) is 0 Å². The van der Waals surface area contributed by atoms with Gasteiger partial charge in [0.2, 0.25) is 0 Å². The summed E-state index contributed by atoms with van der Waals surface area (Å²) >= 11 is 0. The second kappa shape index (κ2) is 6.60. The van der Waals surface area contributed by atoms with Crippen LogP contribution in [0.25, 0.3) is 0 Å². The Morgan fingerprint density at radius 2 is 1.39 bits per heavy atom. The minimum Gasteiger partial charge on any atom is -0.348 e. The van der Waals surface area contributed by atoms with Crippen molar-refractivity contribution in [2.24, 2.45) is 0 Å². The van der Waals surface area contributed by atoms with Crippen LogP contribution in [0.2, 0.25) is 0 Å². The Hall–Kier alpha value is -2.09. The van der Waals surface area contributed by atoms with Crippen molar-refractivity contribution >= 4 is 6.41 Å². The minimum atomic E-state index is 0.313. The average Bonchev–Trinajstić information content (AvgIpc) is 2.46. The molecule has 0 saturated heterocycles. The van der Waals surface area contributed by atoms with E-state index in [1.54, 1.807) is 6.41 Å². The molecule has 1 amide bonds. The molecule has 0 aliphatic heterocycles. The van der Waals surface area contributed by atoms with Crippen LogP contribution in [0.15, 0.2) is 60.7 Å². The van der Waals surface area contributed by atoms with Gasteiger partial charge in [-0.3, -0.25) is 4.79 Å². The van der Waals surface area contributed by atoms with Gasteiger partial charge in [-0.15, -0.1) is 0 Å². The Morgan fingerprint density at radius 3 is 1.83 bits per heavy atom. The molecular weight excluding hydrogens is 222 g/mol. The first kappa shape index (κ1) is 12.4. The molecule has 2 rings (SSSR count). The summed E-state index contributed by atoms with van der Waals surface area (Å²) in [6.45, 7) is 0.637. The number of nitrogens with one attached hydrogen (secondary N) is 1. The van der Waals surface area contributed by atoms with Crippen LogP contribution >= 0.6 is 0 Å². The molecule has 2 heteroatoms. The Bertz CT molecular complexity index is 427. The predicted molar refractivity (Wildman–Crippen MR) is 73.0 cm³/mol. The fourth-order valence-electron chi connectivity index (χ4n) is 2.16. The van der Waals surface area contributed by atoms with Crippen molar-refractivity contribution in [3.63, 3.8) is 0 Å². The number of carbonyl (C=O) groups excluding carboxylic acids is 1. The maximum Gasteiger partial charge on any atom is 0.309 e. The van der Waals surface area contributed by atoms with Gasteiger partial charge in [0.1, 0.15) is 0 Å². The summed E-state index contributed by atoms with van der Waals surface area (Å²) in [4.78, 5) is 10.2. The maximum atomic E-state index is 10.2. The number of benzene rings is 2. The zero-order chi connectivity index (χ0) is 12.6. The van der Waals surface area contributed by atoms with Crippen molar-refractivity contribution in [3.05, 3.63) is 71.8 Å². The summed E-state index contributed by atoms with van der Waals surface area (Å²) in [6.07, 6.45) is 2.60. The van der Waals surface area contributed by atoms with Crippen LogP contribution in [0, 0.1) is 0 Å². The lowest BCUT2D eigenvalue weighted by Gasteiger charge is -2.17. The summed E-state index contributed by atoms with van der Waals surface area (Å²) in [7, 11) is 0. The first-order valence-corrected chi connectivity index (χ1v) is 6.11. The molecule has 0 atom stereocenters. The van der Waals surface area contributed by atoms with Crippen molar-refractivity contribution in [3.8, 4) is 0 Å². The highest BCUT2D eigenvalue weighted by Crippen LogP contribution is 2.27. The molecule has 0 heterocycles. The van der Waals surface area contributed by atoms with Gasteiger partial charge in [0.05, 0.1) is 0 Å². The second-order valence-electron chi connectivity index (χ2n) is 4.19. The molecule has 0 fully saturated rings. The molecule has 18 heavy (non-hydrogen) atoms. The molecule has 0 spiro atoms. The predicted octanol–water partition coefficient (Wildman–Crippen LogP) is 2.87. The molecule has 0 aliphatic carbocycles. The van der Waals surface area contributed by atoms with Gasteiger partial charge in [-0.05, 0) is 17.5 Å². The molecule has 2 nitrogen and oxygen atoms in total. The summed E-state index contributed by atoms with van der Waals surface area (Å²) in [5.41, 5.74) is 2.55. The molecular formula is C16H16NO. The van der Waals surface area contributed by atoms with Gasteiger partial charge in [0.15, 0.2) is 0 Å². The SMILES string of the molecule is O=[C]NCCC(c1ccccc1)c1ccccc1. The molecule has 0 aromatic heterocycles. The Morgan fingerprint density at radius 1 is 0.889 bits per heavy atom. The number of rotatable bonds is 6. The lowest BCUT2D eigenvalue weighted by atomic mass is 9.88. The molecule has 0 aliphatic rings. The summed E-state index contributed by atoms with van der Waals surface area (Å²) < 4.78 is 0. The van der Waals surface area contributed by atoms with E-state index in [2.05, 4.69) is 29.6 Å². The van der Waals surface area contributed by atoms with E-state index in [4.69, 9.17) is 0 Å². The van der Waals surface area contributed by atoms with E-state index >= 15 is 0 Å². The van der Waals surface area contributed by atoms with Gasteiger partial charge < -0.3 is 5.32 Å². The monoisotopic (exact) mass is 238 g/mol. The van der Waals surface area contributed by atoms with Crippen molar-refractivity contribution in [1.82, 2.24) is 5.32 Å². The van der Waals surface area contributed by atoms with E-state index in [1.165, 1.54) is 11.1 Å². The van der Waals surface area contributed by atoms with E-state index in [-0.39, 0.29) is 0 Å². The zero-order valence-corrected chi connectivity index (χ0v) is 10.2. The van der Waals surface area contributed by atoms with E-state index in [0.29, 0.717) is 12.5 Å². The van der Waals surface area contributed by atoms with E-state index < -0.39 is 0 Å². The van der Waals surface area contributed by atoms with Gasteiger partial charge in [-0.1, -0.05) is 60.7 Å². The third kappa shape index (κ3) is 3.20. The number of amides is 1. The van der Waals surface area contributed by atoms with E-state index in [0.717, 1.165) is 6.42 Å². The highest BCUT2D eigenvalue weighted by molar-refractivity contribution is 5.47. The van der Waals surface area contributed by atoms with Crippen LogP contribution in [-0.2, 0) is 4.79 Å². The smallest absolute Gasteiger partial charge is 0.309 e. The van der Waals surface area contributed by atoms with Crippen LogP contribution < -0.4 is 5.32 Å². The Kier molecular flexibility index (Phi) is 4.53. The first-order chi connectivity index (χ1) is 8.92. The van der Waals surface area contributed by atoms with Crippen LogP contribution in [-0.4, -0.2) is 13.0 Å². The minimum absolute atomic E-state index is 0.313. The third-order valence-electron chi connectivity index (χ3n) is 3.03. The highest BCUT2D eigenvalue weighted by atomic mass is 16.1. The van der Waals surface area contributed by atoms with Crippen LogP contribution in [0.5, 0.6) is 0 Å². The van der Waals surface area contributed by atoms with Gasteiger partial charge in [0, 0.05) is 12.5 Å². The van der Waals surface area contributed by atoms with Gasteiger partial charge in [-0.25, -0.2) is 0 Å². The first-order valence-electron chi connectivity index (χ1n) is 6.11. The Labute approximate surface area is 108 Å². The molecule has 0 bridgehead atoms. The van der Waals surface area contributed by atoms with Crippen molar-refractivity contribution in [1.29, 1.82) is 0 Å². The van der Waals surface area contributed by atoms with Crippen molar-refractivity contribution in [2.45, 2.75) is 12.3 Å². The topological polar surface area (TPSA) is 29.1 Å². The van der Waals surface area contributed by atoms with Crippen LogP contribution in [0.1, 0.15) is 23.5 Å². The van der Waals surface area contributed by atoms with Crippen molar-refractivity contribution in [2.75, 3.05) is 6.54 Å². The zero-order valence-electron chi connectivity index (χ0n) is 10.2. The van der Waals surface area contributed by atoms with Gasteiger partial charge in [0.25, 0.3) is 0 Å². The summed E-state index contributed by atoms with van der Waals surface area (Å²) in [6, 6.07) is 20.7. The molecule has 91 valence electrons. The number of hydrogen-bond acceptors (Lipinski definition) is 1. The normalized spacial score (nSPS) is 10.3. The molecule has 1 N–H and O–H groups in total. The molecule has 2 aromatic carbocycles. The third-order valence-corrected chi connectivity index (χ3v) is 3.03. The van der Waals surface area contributed by atoms with Gasteiger partial charge in [-0.2, -0.15) is 0 Å². The van der Waals surface area contributed by atoms with Crippen molar-refractivity contribution < 1.29 is 4.79 Å². The Balaban J connectivity index is 2.21. The summed E-state index contributed by atoms with van der Waals surface area (Å²) in [5.74, 6) is 0.313. The molecule has 1 radical (unpaired) electrons. The fourth-order valence-corrected chi connectivity index (χ4v) is 2.16. The van der Waals surface area contributed by atoms with E-state index in [9.17, 15) is 4.79 Å². The van der Waals surface area contributed by atoms with Crippen LogP contribution in [0.3, 0.4) is 0 Å². The average molecular weight is 238 g/mol. The standard InChI is InChI=1S/C16H16NO/c18-13-17-12-11-16(14-7-3-1-4-8-14)15-9-5-2-6-10-15/h1-10,16H,11-12H2,(H,17,18). The fraction of sp³-hybridized carbons (Fsp3) is 0.188.